The first-order valence-electron chi connectivity index (χ1n) is 5.60. The van der Waals surface area contributed by atoms with Crippen molar-refractivity contribution < 1.29 is 24.2 Å². The topological polar surface area (TPSA) is 86.6 Å². The summed E-state index contributed by atoms with van der Waals surface area (Å²) in [6, 6.07) is 8.72. The van der Waals surface area contributed by atoms with Gasteiger partial charge in [0.1, 0.15) is 17.1 Å². The number of aromatic hydroxyl groups is 1. The molecule has 102 valence electrons. The molecule has 3 N–H and O–H groups in total. The number of benzene rings is 2. The second-order valence-corrected chi connectivity index (χ2v) is 4.00. The Kier molecular flexibility index (Phi) is 3.65. The fourth-order valence-electron chi connectivity index (χ4n) is 1.62. The largest absolute Gasteiger partial charge is 0.507 e. The van der Waals surface area contributed by atoms with Crippen LogP contribution in [0.3, 0.4) is 0 Å². The third-order valence-electron chi connectivity index (χ3n) is 2.57. The summed E-state index contributed by atoms with van der Waals surface area (Å²) in [6.45, 7) is 0. The van der Waals surface area contributed by atoms with Crippen LogP contribution in [0.4, 0.5) is 10.1 Å². The highest BCUT2D eigenvalue weighted by atomic mass is 19.1. The number of carbonyl (C=O) groups is 2. The van der Waals surface area contributed by atoms with E-state index in [0.29, 0.717) is 0 Å². The molecule has 20 heavy (non-hydrogen) atoms. The van der Waals surface area contributed by atoms with Crippen molar-refractivity contribution in [1.82, 2.24) is 0 Å². The van der Waals surface area contributed by atoms with E-state index < -0.39 is 23.4 Å². The highest BCUT2D eigenvalue weighted by molar-refractivity contribution is 6.05. The number of halogens is 1. The normalized spacial score (nSPS) is 10.1. The first-order valence-corrected chi connectivity index (χ1v) is 5.60. The molecule has 2 aromatic carbocycles. The van der Waals surface area contributed by atoms with Crippen molar-refractivity contribution >= 4 is 17.6 Å². The van der Waals surface area contributed by atoms with Gasteiger partial charge in [-0.3, -0.25) is 4.79 Å². The summed E-state index contributed by atoms with van der Waals surface area (Å²) in [5.41, 5.74) is -0.0357. The summed E-state index contributed by atoms with van der Waals surface area (Å²) in [4.78, 5) is 22.7. The molecule has 2 rings (SSSR count). The summed E-state index contributed by atoms with van der Waals surface area (Å²) >= 11 is 0. The van der Waals surface area contributed by atoms with Gasteiger partial charge in [-0.2, -0.15) is 0 Å². The molecular weight excluding hydrogens is 265 g/mol. The van der Waals surface area contributed by atoms with Crippen LogP contribution >= 0.6 is 0 Å². The van der Waals surface area contributed by atoms with Gasteiger partial charge in [-0.05, 0) is 36.4 Å². The molecule has 0 aromatic heterocycles. The molecule has 0 bridgehead atoms. The molecule has 0 saturated carbocycles. The molecule has 0 atom stereocenters. The molecule has 0 aliphatic heterocycles. The van der Waals surface area contributed by atoms with Gasteiger partial charge in [0.25, 0.3) is 5.91 Å². The first kappa shape index (κ1) is 13.5. The highest BCUT2D eigenvalue weighted by Crippen LogP contribution is 2.21. The lowest BCUT2D eigenvalue weighted by Crippen LogP contribution is -2.12. The Bertz CT molecular complexity index is 685. The number of phenols is 1. The molecule has 1 amide bonds. The number of aromatic carboxylic acids is 1. The van der Waals surface area contributed by atoms with E-state index >= 15 is 0 Å². The van der Waals surface area contributed by atoms with Crippen LogP contribution in [0.1, 0.15) is 20.7 Å². The van der Waals surface area contributed by atoms with Crippen LogP contribution in [0.2, 0.25) is 0 Å². The predicted molar refractivity (Wildman–Crippen MR) is 69.4 cm³/mol. The molecule has 0 fully saturated rings. The number of rotatable bonds is 3. The smallest absolute Gasteiger partial charge is 0.339 e. The SMILES string of the molecule is O=C(Nc1ccc(O)c(C(=O)O)c1)c1cccc(F)c1. The minimum Gasteiger partial charge on any atom is -0.507 e. The Morgan fingerprint density at radius 3 is 2.50 bits per heavy atom. The van der Waals surface area contributed by atoms with Gasteiger partial charge >= 0.3 is 5.97 Å². The summed E-state index contributed by atoms with van der Waals surface area (Å²) < 4.78 is 13.0. The van der Waals surface area contributed by atoms with Crippen LogP contribution in [0.15, 0.2) is 42.5 Å². The molecular formula is C14H10FNO4. The number of hydrogen-bond acceptors (Lipinski definition) is 3. The van der Waals surface area contributed by atoms with Gasteiger partial charge in [-0.15, -0.1) is 0 Å². The van der Waals surface area contributed by atoms with Gasteiger partial charge in [0, 0.05) is 11.3 Å². The van der Waals surface area contributed by atoms with Crippen molar-refractivity contribution in [1.29, 1.82) is 0 Å². The van der Waals surface area contributed by atoms with E-state index in [9.17, 15) is 19.1 Å². The molecule has 5 nitrogen and oxygen atoms in total. The van der Waals surface area contributed by atoms with Gasteiger partial charge in [0.2, 0.25) is 0 Å². The molecule has 0 heterocycles. The predicted octanol–water partition coefficient (Wildman–Crippen LogP) is 2.48. The third kappa shape index (κ3) is 2.92. The molecule has 0 saturated heterocycles. The summed E-state index contributed by atoms with van der Waals surface area (Å²) in [7, 11) is 0. The Morgan fingerprint density at radius 2 is 1.85 bits per heavy atom. The fourth-order valence-corrected chi connectivity index (χ4v) is 1.62. The van der Waals surface area contributed by atoms with Gasteiger partial charge in [-0.25, -0.2) is 9.18 Å². The van der Waals surface area contributed by atoms with Gasteiger partial charge in [0.15, 0.2) is 0 Å². The van der Waals surface area contributed by atoms with Gasteiger partial charge in [-0.1, -0.05) is 6.07 Å². The van der Waals surface area contributed by atoms with E-state index in [1.165, 1.54) is 24.3 Å². The van der Waals surface area contributed by atoms with Crippen molar-refractivity contribution in [2.24, 2.45) is 0 Å². The van der Waals surface area contributed by atoms with Crippen molar-refractivity contribution in [2.45, 2.75) is 0 Å². The average molecular weight is 275 g/mol. The minimum atomic E-state index is -1.32. The van der Waals surface area contributed by atoms with Crippen LogP contribution in [-0.2, 0) is 0 Å². The molecule has 0 unspecified atom stereocenters. The van der Waals surface area contributed by atoms with Crippen molar-refractivity contribution in [2.75, 3.05) is 5.32 Å². The lowest BCUT2D eigenvalue weighted by molar-refractivity contribution is 0.0693. The molecule has 0 aliphatic carbocycles. The van der Waals surface area contributed by atoms with Gasteiger partial charge in [0.05, 0.1) is 0 Å². The maximum absolute atomic E-state index is 13.0. The number of carbonyl (C=O) groups excluding carboxylic acids is 1. The molecule has 0 spiro atoms. The van der Waals surface area contributed by atoms with E-state index in [-0.39, 0.29) is 16.8 Å². The second-order valence-electron chi connectivity index (χ2n) is 4.00. The number of anilines is 1. The quantitative estimate of drug-likeness (QED) is 0.751. The van der Waals surface area contributed by atoms with Crippen LogP contribution < -0.4 is 5.32 Å². The Balaban J connectivity index is 2.24. The second kappa shape index (κ2) is 5.40. The zero-order valence-electron chi connectivity index (χ0n) is 10.1. The van der Waals surface area contributed by atoms with Gasteiger partial charge < -0.3 is 15.5 Å². The standard InChI is InChI=1S/C14H10FNO4/c15-9-3-1-2-8(6-9)13(18)16-10-4-5-12(17)11(7-10)14(19)20/h1-7,17H,(H,16,18)(H,19,20). The highest BCUT2D eigenvalue weighted by Gasteiger charge is 2.12. The maximum atomic E-state index is 13.0. The van der Waals surface area contributed by atoms with E-state index in [4.69, 9.17) is 5.11 Å². The van der Waals surface area contributed by atoms with Crippen molar-refractivity contribution in [3.8, 4) is 5.75 Å². The lowest BCUT2D eigenvalue weighted by atomic mass is 10.1. The van der Waals surface area contributed by atoms with Crippen molar-refractivity contribution in [3.05, 3.63) is 59.4 Å². The molecule has 0 radical (unpaired) electrons. The summed E-state index contributed by atoms with van der Waals surface area (Å²) in [5.74, 6) is -2.84. The third-order valence-corrected chi connectivity index (χ3v) is 2.57. The first-order chi connectivity index (χ1) is 9.47. The monoisotopic (exact) mass is 275 g/mol. The van der Waals surface area contributed by atoms with E-state index in [1.54, 1.807) is 0 Å². The molecule has 6 heteroatoms. The van der Waals surface area contributed by atoms with Crippen molar-refractivity contribution in [3.63, 3.8) is 0 Å². The minimum absolute atomic E-state index is 0.106. The Hall–Kier alpha value is -2.89. The van der Waals surface area contributed by atoms with Crippen LogP contribution in [0.5, 0.6) is 5.75 Å². The fraction of sp³-hybridized carbons (Fsp3) is 0. The van der Waals surface area contributed by atoms with Crippen LogP contribution in [-0.4, -0.2) is 22.1 Å². The number of hydrogen-bond donors (Lipinski definition) is 3. The van der Waals surface area contributed by atoms with E-state index in [2.05, 4.69) is 5.32 Å². The number of carboxylic acids is 1. The maximum Gasteiger partial charge on any atom is 0.339 e. The molecule has 0 aliphatic rings. The lowest BCUT2D eigenvalue weighted by Gasteiger charge is -2.07. The summed E-state index contributed by atoms with van der Waals surface area (Å²) in [6.07, 6.45) is 0. The van der Waals surface area contributed by atoms with E-state index in [1.807, 2.05) is 0 Å². The summed E-state index contributed by atoms with van der Waals surface area (Å²) in [5, 5.41) is 20.6. The molecule has 2 aromatic rings. The van der Waals surface area contributed by atoms with Crippen LogP contribution in [0.25, 0.3) is 0 Å². The Labute approximate surface area is 113 Å². The number of amides is 1. The zero-order valence-corrected chi connectivity index (χ0v) is 10.1. The average Bonchev–Trinajstić information content (AvgIpc) is 2.40. The Morgan fingerprint density at radius 1 is 1.10 bits per heavy atom. The van der Waals surface area contributed by atoms with Crippen LogP contribution in [0, 0.1) is 5.82 Å². The number of carboxylic acid groups (broad SMARTS) is 1. The zero-order chi connectivity index (χ0) is 14.7. The number of nitrogens with one attached hydrogen (secondary N) is 1. The van der Waals surface area contributed by atoms with E-state index in [0.717, 1.165) is 18.2 Å².